The molecule has 0 saturated heterocycles. The van der Waals surface area contributed by atoms with Crippen molar-refractivity contribution >= 4 is 44.9 Å². The molecule has 33 heavy (non-hydrogen) atoms. The Balaban J connectivity index is 1.75. The molecule has 0 heterocycles. The molecule has 0 spiro atoms. The third kappa shape index (κ3) is 5.91. The molecule has 1 amide bonds. The molecule has 0 aliphatic carbocycles. The summed E-state index contributed by atoms with van der Waals surface area (Å²) in [6.45, 7) is 5.52. The Morgan fingerprint density at radius 3 is 2.15 bits per heavy atom. The highest BCUT2D eigenvalue weighted by Gasteiger charge is 2.17. The summed E-state index contributed by atoms with van der Waals surface area (Å²) < 4.78 is 32.8. The summed E-state index contributed by atoms with van der Waals surface area (Å²) in [6, 6.07) is 15.6. The molecule has 0 bridgehead atoms. The number of rotatable bonds is 7. The van der Waals surface area contributed by atoms with Crippen LogP contribution in [0.15, 0.2) is 65.6 Å². The predicted molar refractivity (Wildman–Crippen MR) is 129 cm³/mol. The Labute approximate surface area is 197 Å². The number of amides is 1. The van der Waals surface area contributed by atoms with E-state index in [9.17, 15) is 18.0 Å². The van der Waals surface area contributed by atoms with Crippen LogP contribution in [0.3, 0.4) is 0 Å². The number of esters is 1. The van der Waals surface area contributed by atoms with Crippen LogP contribution in [0.4, 0.5) is 11.4 Å². The molecular formula is C24H23ClN2O5S. The molecule has 0 aliphatic heterocycles. The lowest BCUT2D eigenvalue weighted by molar-refractivity contribution is 0.0526. The standard InChI is InChI=1S/C24H23ClN2O5S/c1-4-32-24(29)18-8-12-22(20(25)14-18)26-23(28)17-7-11-21(16(3)13-17)27-33(30,31)19-9-5-15(2)6-10-19/h5-14,27H,4H2,1-3H3,(H,26,28). The summed E-state index contributed by atoms with van der Waals surface area (Å²) >= 11 is 6.20. The minimum absolute atomic E-state index is 0.148. The fourth-order valence-corrected chi connectivity index (χ4v) is 4.35. The smallest absolute Gasteiger partial charge is 0.338 e. The number of aryl methyl sites for hydroxylation is 2. The molecule has 0 atom stereocenters. The van der Waals surface area contributed by atoms with Gasteiger partial charge in [-0.25, -0.2) is 13.2 Å². The first-order chi connectivity index (χ1) is 15.6. The number of carbonyl (C=O) groups excluding carboxylic acids is 2. The first-order valence-electron chi connectivity index (χ1n) is 10.1. The number of benzene rings is 3. The number of sulfonamides is 1. The van der Waals surface area contributed by atoms with Crippen molar-refractivity contribution < 1.29 is 22.7 Å². The molecule has 0 unspecified atom stereocenters. The van der Waals surface area contributed by atoms with Crippen molar-refractivity contribution in [1.29, 1.82) is 0 Å². The summed E-state index contributed by atoms with van der Waals surface area (Å²) in [5.41, 5.74) is 2.82. The maximum atomic E-state index is 12.7. The van der Waals surface area contributed by atoms with E-state index in [0.29, 0.717) is 22.5 Å². The predicted octanol–water partition coefficient (Wildman–Crippen LogP) is 5.19. The molecule has 0 fully saturated rings. The quantitative estimate of drug-likeness (QED) is 0.448. The van der Waals surface area contributed by atoms with Gasteiger partial charge >= 0.3 is 5.97 Å². The van der Waals surface area contributed by atoms with Crippen molar-refractivity contribution in [2.75, 3.05) is 16.6 Å². The van der Waals surface area contributed by atoms with Gasteiger partial charge in [0.05, 0.1) is 33.5 Å². The number of ether oxygens (including phenoxy) is 1. The third-order valence-electron chi connectivity index (χ3n) is 4.79. The summed E-state index contributed by atoms with van der Waals surface area (Å²) in [4.78, 5) is 24.6. The van der Waals surface area contributed by atoms with Crippen molar-refractivity contribution in [3.05, 3.63) is 87.9 Å². The monoisotopic (exact) mass is 486 g/mol. The normalized spacial score (nSPS) is 11.0. The number of hydrogen-bond acceptors (Lipinski definition) is 5. The van der Waals surface area contributed by atoms with E-state index in [1.807, 2.05) is 6.92 Å². The fourth-order valence-electron chi connectivity index (χ4n) is 2.99. The fraction of sp³-hybridized carbons (Fsp3) is 0.167. The topological polar surface area (TPSA) is 102 Å². The van der Waals surface area contributed by atoms with E-state index in [1.165, 1.54) is 42.5 Å². The maximum Gasteiger partial charge on any atom is 0.338 e. The largest absolute Gasteiger partial charge is 0.462 e. The van der Waals surface area contributed by atoms with E-state index >= 15 is 0 Å². The number of carbonyl (C=O) groups is 2. The summed E-state index contributed by atoms with van der Waals surface area (Å²) in [5.74, 6) is -0.937. The molecule has 0 radical (unpaired) electrons. The zero-order chi connectivity index (χ0) is 24.2. The Bertz CT molecular complexity index is 1300. The van der Waals surface area contributed by atoms with E-state index in [4.69, 9.17) is 16.3 Å². The van der Waals surface area contributed by atoms with Gasteiger partial charge in [0.25, 0.3) is 15.9 Å². The number of nitrogens with one attached hydrogen (secondary N) is 2. The van der Waals surface area contributed by atoms with Gasteiger partial charge in [-0.3, -0.25) is 9.52 Å². The van der Waals surface area contributed by atoms with Crippen LogP contribution in [0, 0.1) is 13.8 Å². The molecular weight excluding hydrogens is 464 g/mol. The van der Waals surface area contributed by atoms with E-state index < -0.39 is 21.9 Å². The van der Waals surface area contributed by atoms with Crippen LogP contribution in [0.2, 0.25) is 5.02 Å². The second-order valence-electron chi connectivity index (χ2n) is 7.32. The van der Waals surface area contributed by atoms with Crippen molar-refractivity contribution in [2.45, 2.75) is 25.7 Å². The minimum atomic E-state index is -3.76. The highest BCUT2D eigenvalue weighted by Crippen LogP contribution is 2.26. The zero-order valence-electron chi connectivity index (χ0n) is 18.3. The third-order valence-corrected chi connectivity index (χ3v) is 6.49. The lowest BCUT2D eigenvalue weighted by Gasteiger charge is -2.13. The van der Waals surface area contributed by atoms with Crippen molar-refractivity contribution in [2.24, 2.45) is 0 Å². The molecule has 3 aromatic carbocycles. The highest BCUT2D eigenvalue weighted by molar-refractivity contribution is 7.92. The average molecular weight is 487 g/mol. The Morgan fingerprint density at radius 1 is 0.909 bits per heavy atom. The van der Waals surface area contributed by atoms with Gasteiger partial charge in [0, 0.05) is 5.56 Å². The van der Waals surface area contributed by atoms with E-state index in [1.54, 1.807) is 32.0 Å². The zero-order valence-corrected chi connectivity index (χ0v) is 19.9. The molecule has 0 aromatic heterocycles. The first kappa shape index (κ1) is 24.3. The van der Waals surface area contributed by atoms with E-state index in [-0.39, 0.29) is 22.1 Å². The molecule has 0 saturated carbocycles. The van der Waals surface area contributed by atoms with Crippen molar-refractivity contribution in [3.8, 4) is 0 Å². The molecule has 3 aromatic rings. The molecule has 0 aliphatic rings. The lowest BCUT2D eigenvalue weighted by Crippen LogP contribution is -2.15. The Morgan fingerprint density at radius 2 is 1.55 bits per heavy atom. The van der Waals surface area contributed by atoms with E-state index in [0.717, 1.165) is 5.56 Å². The second kappa shape index (κ2) is 10.1. The lowest BCUT2D eigenvalue weighted by atomic mass is 10.1. The molecule has 3 rings (SSSR count). The Kier molecular flexibility index (Phi) is 7.40. The number of halogens is 1. The van der Waals surface area contributed by atoms with Crippen LogP contribution in [0.5, 0.6) is 0 Å². The van der Waals surface area contributed by atoms with Gasteiger partial charge in [0.15, 0.2) is 0 Å². The van der Waals surface area contributed by atoms with Crippen LogP contribution in [0.1, 0.15) is 38.8 Å². The van der Waals surface area contributed by atoms with Crippen LogP contribution >= 0.6 is 11.6 Å². The summed E-state index contributed by atoms with van der Waals surface area (Å²) in [7, 11) is -3.76. The SMILES string of the molecule is CCOC(=O)c1ccc(NC(=O)c2ccc(NS(=O)(=O)c3ccc(C)cc3)c(C)c2)c(Cl)c1. The van der Waals surface area contributed by atoms with Crippen LogP contribution in [0.25, 0.3) is 0 Å². The summed E-state index contributed by atoms with van der Waals surface area (Å²) in [6.07, 6.45) is 0. The van der Waals surface area contributed by atoms with Gasteiger partial charge in [-0.15, -0.1) is 0 Å². The van der Waals surface area contributed by atoms with Gasteiger partial charge in [-0.05, 0) is 74.9 Å². The van der Waals surface area contributed by atoms with Crippen LogP contribution < -0.4 is 10.0 Å². The van der Waals surface area contributed by atoms with Gasteiger partial charge in [0.1, 0.15) is 0 Å². The van der Waals surface area contributed by atoms with E-state index in [2.05, 4.69) is 10.0 Å². The minimum Gasteiger partial charge on any atom is -0.462 e. The molecule has 7 nitrogen and oxygen atoms in total. The summed E-state index contributed by atoms with van der Waals surface area (Å²) in [5, 5.41) is 2.88. The van der Waals surface area contributed by atoms with Crippen molar-refractivity contribution in [1.82, 2.24) is 0 Å². The second-order valence-corrected chi connectivity index (χ2v) is 9.41. The maximum absolute atomic E-state index is 12.7. The van der Waals surface area contributed by atoms with Crippen LogP contribution in [-0.4, -0.2) is 26.9 Å². The van der Waals surface area contributed by atoms with Gasteiger partial charge < -0.3 is 10.1 Å². The van der Waals surface area contributed by atoms with Crippen LogP contribution in [-0.2, 0) is 14.8 Å². The van der Waals surface area contributed by atoms with Gasteiger partial charge in [-0.1, -0.05) is 29.3 Å². The van der Waals surface area contributed by atoms with Gasteiger partial charge in [-0.2, -0.15) is 0 Å². The number of hydrogen-bond donors (Lipinski definition) is 2. The highest BCUT2D eigenvalue weighted by atomic mass is 35.5. The molecule has 172 valence electrons. The molecule has 9 heteroatoms. The molecule has 2 N–H and O–H groups in total. The first-order valence-corrected chi connectivity index (χ1v) is 11.9. The van der Waals surface area contributed by atoms with Crippen molar-refractivity contribution in [3.63, 3.8) is 0 Å². The van der Waals surface area contributed by atoms with Gasteiger partial charge in [0.2, 0.25) is 0 Å². The average Bonchev–Trinajstić information content (AvgIpc) is 2.76. The number of anilines is 2. The Hall–Kier alpha value is -3.36.